The number of alkyl halides is 1. The summed E-state index contributed by atoms with van der Waals surface area (Å²) in [5.41, 5.74) is -1.18. The summed E-state index contributed by atoms with van der Waals surface area (Å²) in [5.74, 6) is 0.401. The third-order valence-corrected chi connectivity index (χ3v) is 3.92. The monoisotopic (exact) mass is 322 g/mol. The molecule has 0 N–H and O–H groups in total. The van der Waals surface area contributed by atoms with Gasteiger partial charge in [-0.1, -0.05) is 0 Å². The van der Waals surface area contributed by atoms with Crippen LogP contribution < -0.4 is 9.47 Å². The fraction of sp³-hybridized carbons (Fsp3) is 0.538. The molecule has 112 valence electrons. The lowest BCUT2D eigenvalue weighted by Crippen LogP contribution is -2.14. The lowest BCUT2D eigenvalue weighted by atomic mass is 9.94. The average molecular weight is 323 g/mol. The Kier molecular flexibility index (Phi) is 4.16. The molecule has 2 rings (SSSR count). The molecule has 0 aromatic heterocycles. The third kappa shape index (κ3) is 3.76. The van der Waals surface area contributed by atoms with E-state index in [1.165, 1.54) is 26.0 Å². The van der Waals surface area contributed by atoms with Gasteiger partial charge in [-0.05, 0) is 37.1 Å². The predicted octanol–water partition coefficient (Wildman–Crippen LogP) is 3.12. The Labute approximate surface area is 122 Å². The first-order valence-corrected chi connectivity index (χ1v) is 8.69. The van der Waals surface area contributed by atoms with E-state index >= 15 is 0 Å². The summed E-state index contributed by atoms with van der Waals surface area (Å²) in [5, 5.41) is 0. The highest BCUT2D eigenvalue weighted by molar-refractivity contribution is 8.13. The smallest absolute Gasteiger partial charge is 0.236 e. The van der Waals surface area contributed by atoms with E-state index in [4.69, 9.17) is 20.2 Å². The second-order valence-corrected chi connectivity index (χ2v) is 7.94. The standard InChI is InChI=1S/C13H16ClFO4S/c1-13(2,15)10-7-12-11(18-4-3-5-19-12)6-9(10)8-20(14,16)17/h6-7H,3-5,8H2,1-2H3. The summed E-state index contributed by atoms with van der Waals surface area (Å²) >= 11 is 0. The quantitative estimate of drug-likeness (QED) is 0.802. The van der Waals surface area contributed by atoms with Gasteiger partial charge >= 0.3 is 0 Å². The average Bonchev–Trinajstić information content (AvgIpc) is 2.48. The molecule has 7 heteroatoms. The molecular weight excluding hydrogens is 307 g/mol. The fourth-order valence-electron chi connectivity index (χ4n) is 2.11. The lowest BCUT2D eigenvalue weighted by Gasteiger charge is -2.21. The van der Waals surface area contributed by atoms with Crippen molar-refractivity contribution < 1.29 is 22.3 Å². The number of halogens is 2. The van der Waals surface area contributed by atoms with Gasteiger partial charge in [-0.2, -0.15) is 0 Å². The number of fused-ring (bicyclic) bond motifs is 1. The van der Waals surface area contributed by atoms with Crippen molar-refractivity contribution in [3.63, 3.8) is 0 Å². The zero-order chi connectivity index (χ0) is 15.0. The van der Waals surface area contributed by atoms with Crippen molar-refractivity contribution in [1.82, 2.24) is 0 Å². The van der Waals surface area contributed by atoms with Crippen LogP contribution >= 0.6 is 10.7 Å². The van der Waals surface area contributed by atoms with Gasteiger partial charge in [0, 0.05) is 17.1 Å². The molecule has 20 heavy (non-hydrogen) atoms. The molecule has 1 heterocycles. The van der Waals surface area contributed by atoms with Gasteiger partial charge in [0.25, 0.3) is 0 Å². The summed E-state index contributed by atoms with van der Waals surface area (Å²) in [6.07, 6.45) is 0.714. The van der Waals surface area contributed by atoms with Gasteiger partial charge in [-0.25, -0.2) is 12.8 Å². The van der Waals surface area contributed by atoms with E-state index in [0.29, 0.717) is 31.1 Å². The maximum absolute atomic E-state index is 14.3. The van der Waals surface area contributed by atoms with E-state index in [1.54, 1.807) is 0 Å². The summed E-state index contributed by atoms with van der Waals surface area (Å²) < 4.78 is 47.8. The second kappa shape index (κ2) is 5.41. The first-order chi connectivity index (χ1) is 9.17. The molecule has 0 spiro atoms. The minimum Gasteiger partial charge on any atom is -0.490 e. The SMILES string of the molecule is CC(C)(F)c1cc2c(cc1CS(=O)(=O)Cl)OCCCO2. The van der Waals surface area contributed by atoms with Crippen LogP contribution in [0.25, 0.3) is 0 Å². The first-order valence-electron chi connectivity index (χ1n) is 6.21. The Morgan fingerprint density at radius 2 is 1.80 bits per heavy atom. The van der Waals surface area contributed by atoms with Crippen molar-refractivity contribution in [2.45, 2.75) is 31.7 Å². The molecule has 0 unspecified atom stereocenters. The topological polar surface area (TPSA) is 52.6 Å². The Balaban J connectivity index is 2.55. The Morgan fingerprint density at radius 3 is 2.30 bits per heavy atom. The summed E-state index contributed by atoms with van der Waals surface area (Å²) in [6.45, 7) is 3.66. The van der Waals surface area contributed by atoms with Crippen LogP contribution in [-0.2, 0) is 20.5 Å². The normalized spacial score (nSPS) is 15.8. The number of hydrogen-bond acceptors (Lipinski definition) is 4. The molecule has 1 aromatic carbocycles. The fourth-order valence-corrected chi connectivity index (χ4v) is 3.07. The van der Waals surface area contributed by atoms with Gasteiger partial charge in [-0.3, -0.25) is 0 Å². The van der Waals surface area contributed by atoms with Gasteiger partial charge in [0.05, 0.1) is 19.0 Å². The molecule has 0 bridgehead atoms. The number of hydrogen-bond donors (Lipinski definition) is 0. The molecule has 0 atom stereocenters. The van der Waals surface area contributed by atoms with E-state index in [-0.39, 0.29) is 11.1 Å². The molecule has 0 amide bonds. The van der Waals surface area contributed by atoms with Gasteiger partial charge in [0.2, 0.25) is 9.05 Å². The van der Waals surface area contributed by atoms with Crippen LogP contribution in [0.5, 0.6) is 11.5 Å². The van der Waals surface area contributed by atoms with Crippen LogP contribution in [-0.4, -0.2) is 21.6 Å². The maximum atomic E-state index is 14.3. The molecule has 1 aliphatic rings. The van der Waals surface area contributed by atoms with E-state index in [1.807, 2.05) is 0 Å². The zero-order valence-electron chi connectivity index (χ0n) is 11.3. The van der Waals surface area contributed by atoms with Gasteiger partial charge in [-0.15, -0.1) is 0 Å². The minimum absolute atomic E-state index is 0.242. The molecule has 0 saturated heterocycles. The minimum atomic E-state index is -3.79. The molecular formula is C13H16ClFO4S. The summed E-state index contributed by atoms with van der Waals surface area (Å²) in [4.78, 5) is 0. The van der Waals surface area contributed by atoms with Gasteiger partial charge < -0.3 is 9.47 Å². The molecule has 4 nitrogen and oxygen atoms in total. The maximum Gasteiger partial charge on any atom is 0.236 e. The number of benzene rings is 1. The zero-order valence-corrected chi connectivity index (χ0v) is 12.9. The van der Waals surface area contributed by atoms with Crippen LogP contribution in [0.3, 0.4) is 0 Å². The Morgan fingerprint density at radius 1 is 1.25 bits per heavy atom. The molecule has 0 radical (unpaired) electrons. The molecule has 0 fully saturated rings. The van der Waals surface area contributed by atoms with Crippen molar-refractivity contribution in [1.29, 1.82) is 0 Å². The first kappa shape index (κ1) is 15.4. The molecule has 0 saturated carbocycles. The van der Waals surface area contributed by atoms with Crippen LogP contribution in [0, 0.1) is 0 Å². The highest BCUT2D eigenvalue weighted by Crippen LogP contribution is 2.39. The van der Waals surface area contributed by atoms with Crippen LogP contribution in [0.15, 0.2) is 12.1 Å². The van der Waals surface area contributed by atoms with E-state index in [9.17, 15) is 12.8 Å². The van der Waals surface area contributed by atoms with Crippen LogP contribution in [0.2, 0.25) is 0 Å². The van der Waals surface area contributed by atoms with Crippen LogP contribution in [0.1, 0.15) is 31.4 Å². The van der Waals surface area contributed by atoms with Crippen LogP contribution in [0.4, 0.5) is 4.39 Å². The van der Waals surface area contributed by atoms with Gasteiger partial charge in [0.1, 0.15) is 5.67 Å². The summed E-state index contributed by atoms with van der Waals surface area (Å²) in [7, 11) is 1.50. The number of ether oxygens (including phenoxy) is 2. The van der Waals surface area contributed by atoms with Crippen molar-refractivity contribution in [3.05, 3.63) is 23.3 Å². The van der Waals surface area contributed by atoms with Crippen molar-refractivity contribution in [2.24, 2.45) is 0 Å². The van der Waals surface area contributed by atoms with Crippen molar-refractivity contribution >= 4 is 19.7 Å². The second-order valence-electron chi connectivity index (χ2n) is 5.16. The molecule has 0 aliphatic carbocycles. The summed E-state index contributed by atoms with van der Waals surface area (Å²) in [6, 6.07) is 3.00. The van der Waals surface area contributed by atoms with E-state index in [0.717, 1.165) is 0 Å². The van der Waals surface area contributed by atoms with Crippen molar-refractivity contribution in [3.8, 4) is 11.5 Å². The molecule has 1 aromatic rings. The number of rotatable bonds is 3. The third-order valence-electron chi connectivity index (χ3n) is 2.94. The molecule has 1 aliphatic heterocycles. The van der Waals surface area contributed by atoms with Gasteiger partial charge in [0.15, 0.2) is 11.5 Å². The Hall–Kier alpha value is -1.01. The van der Waals surface area contributed by atoms with Crippen molar-refractivity contribution in [2.75, 3.05) is 13.2 Å². The Bertz CT molecular complexity index is 608. The lowest BCUT2D eigenvalue weighted by molar-refractivity contribution is 0.219. The highest BCUT2D eigenvalue weighted by atomic mass is 35.7. The van der Waals surface area contributed by atoms with E-state index in [2.05, 4.69) is 0 Å². The van der Waals surface area contributed by atoms with E-state index < -0.39 is 20.5 Å². The predicted molar refractivity (Wildman–Crippen MR) is 74.7 cm³/mol. The highest BCUT2D eigenvalue weighted by Gasteiger charge is 2.27. The largest absolute Gasteiger partial charge is 0.490 e.